The van der Waals surface area contributed by atoms with E-state index in [0.717, 1.165) is 0 Å². The first kappa shape index (κ1) is 7.17. The molecule has 0 heterocycles. The lowest BCUT2D eigenvalue weighted by Crippen LogP contribution is -2.14. The summed E-state index contributed by atoms with van der Waals surface area (Å²) >= 11 is 0. The van der Waals surface area contributed by atoms with Crippen LogP contribution in [0.4, 0.5) is 0 Å². The van der Waals surface area contributed by atoms with Crippen molar-refractivity contribution in [2.45, 2.75) is 0 Å². The first-order valence-electron chi connectivity index (χ1n) is 2.30. The van der Waals surface area contributed by atoms with E-state index in [2.05, 4.69) is 5.32 Å². The zero-order valence-corrected chi connectivity index (χ0v) is 4.72. The summed E-state index contributed by atoms with van der Waals surface area (Å²) in [5.74, 6) is -0.195. The lowest BCUT2D eigenvalue weighted by Gasteiger charge is -1.85. The smallest absolute Gasteiger partial charge is 0.243 e. The first-order valence-corrected chi connectivity index (χ1v) is 2.30. The lowest BCUT2D eigenvalue weighted by atomic mass is 10.5. The number of amides is 1. The Morgan fingerprint density at radius 2 is 2.50 bits per heavy atom. The van der Waals surface area contributed by atoms with Crippen molar-refractivity contribution in [1.29, 1.82) is 0 Å². The number of rotatable bonds is 2. The van der Waals surface area contributed by atoms with Gasteiger partial charge in [-0.05, 0) is 0 Å². The molecule has 0 aliphatic rings. The van der Waals surface area contributed by atoms with Gasteiger partial charge in [-0.25, -0.2) is 0 Å². The fourth-order valence-corrected chi connectivity index (χ4v) is 0.243. The highest BCUT2D eigenvalue weighted by Crippen LogP contribution is 1.68. The molecule has 2 N–H and O–H groups in total. The van der Waals surface area contributed by atoms with Gasteiger partial charge in [-0.2, -0.15) is 0 Å². The molecular formula is C5H9NO2. The number of aliphatic hydroxyl groups is 1. The molecular weight excluding hydrogens is 106 g/mol. The molecule has 0 radical (unpaired) electrons. The molecule has 0 saturated carbocycles. The summed E-state index contributed by atoms with van der Waals surface area (Å²) < 4.78 is 0. The van der Waals surface area contributed by atoms with E-state index in [-0.39, 0.29) is 12.5 Å². The van der Waals surface area contributed by atoms with Crippen LogP contribution in [0.5, 0.6) is 0 Å². The van der Waals surface area contributed by atoms with Crippen molar-refractivity contribution in [1.82, 2.24) is 5.32 Å². The lowest BCUT2D eigenvalue weighted by molar-refractivity contribution is -0.116. The summed E-state index contributed by atoms with van der Waals surface area (Å²) in [7, 11) is 1.53. The summed E-state index contributed by atoms with van der Waals surface area (Å²) in [6.45, 7) is -0.0899. The van der Waals surface area contributed by atoms with Crippen LogP contribution in [0.15, 0.2) is 12.2 Å². The van der Waals surface area contributed by atoms with E-state index in [1.165, 1.54) is 19.2 Å². The minimum absolute atomic E-state index is 0.0899. The molecule has 0 aromatic rings. The normalized spacial score (nSPS) is 9.75. The van der Waals surface area contributed by atoms with Gasteiger partial charge in [-0.3, -0.25) is 4.79 Å². The largest absolute Gasteiger partial charge is 0.392 e. The molecule has 0 unspecified atom stereocenters. The molecule has 0 fully saturated rings. The van der Waals surface area contributed by atoms with Crippen molar-refractivity contribution >= 4 is 5.91 Å². The maximum absolute atomic E-state index is 10.3. The molecule has 0 saturated heterocycles. The Morgan fingerprint density at radius 1 is 1.88 bits per heavy atom. The molecule has 3 nitrogen and oxygen atoms in total. The van der Waals surface area contributed by atoms with Gasteiger partial charge in [0.1, 0.15) is 0 Å². The van der Waals surface area contributed by atoms with Crippen molar-refractivity contribution in [2.24, 2.45) is 0 Å². The van der Waals surface area contributed by atoms with Crippen LogP contribution in [-0.2, 0) is 4.79 Å². The molecule has 0 aliphatic carbocycles. The van der Waals surface area contributed by atoms with Crippen molar-refractivity contribution in [3.63, 3.8) is 0 Å². The Hall–Kier alpha value is -0.830. The summed E-state index contributed by atoms with van der Waals surface area (Å²) in [4.78, 5) is 10.3. The molecule has 0 bridgehead atoms. The van der Waals surface area contributed by atoms with Gasteiger partial charge in [-0.1, -0.05) is 6.08 Å². The molecule has 0 aromatic carbocycles. The third-order valence-electron chi connectivity index (χ3n) is 0.621. The molecule has 8 heavy (non-hydrogen) atoms. The SMILES string of the molecule is CNC(=O)/C=C/CO. The van der Waals surface area contributed by atoms with Gasteiger partial charge in [0, 0.05) is 13.1 Å². The maximum atomic E-state index is 10.3. The van der Waals surface area contributed by atoms with E-state index in [0.29, 0.717) is 0 Å². The minimum atomic E-state index is -0.195. The molecule has 0 aromatic heterocycles. The molecule has 0 spiro atoms. The third-order valence-corrected chi connectivity index (χ3v) is 0.621. The van der Waals surface area contributed by atoms with Gasteiger partial charge in [0.05, 0.1) is 6.61 Å². The van der Waals surface area contributed by atoms with Gasteiger partial charge in [0.25, 0.3) is 0 Å². The quantitative estimate of drug-likeness (QED) is 0.467. The van der Waals surface area contributed by atoms with Gasteiger partial charge < -0.3 is 10.4 Å². The van der Waals surface area contributed by atoms with Crippen LogP contribution >= 0.6 is 0 Å². The zero-order valence-electron chi connectivity index (χ0n) is 4.72. The van der Waals surface area contributed by atoms with Crippen LogP contribution in [0.3, 0.4) is 0 Å². The predicted molar refractivity (Wildman–Crippen MR) is 30.3 cm³/mol. The Bertz CT molecular complexity index is 98.6. The minimum Gasteiger partial charge on any atom is -0.392 e. The molecule has 1 amide bonds. The molecule has 46 valence electrons. The maximum Gasteiger partial charge on any atom is 0.243 e. The van der Waals surface area contributed by atoms with Crippen molar-refractivity contribution in [2.75, 3.05) is 13.7 Å². The van der Waals surface area contributed by atoms with Crippen molar-refractivity contribution in [3.8, 4) is 0 Å². The number of carbonyl (C=O) groups excluding carboxylic acids is 1. The second kappa shape index (κ2) is 4.33. The Labute approximate surface area is 48.0 Å². The van der Waals surface area contributed by atoms with E-state index >= 15 is 0 Å². The van der Waals surface area contributed by atoms with E-state index in [1.54, 1.807) is 0 Å². The van der Waals surface area contributed by atoms with Crippen LogP contribution in [0.1, 0.15) is 0 Å². The number of nitrogens with one attached hydrogen (secondary N) is 1. The van der Waals surface area contributed by atoms with E-state index in [4.69, 9.17) is 5.11 Å². The number of hydrogen-bond donors (Lipinski definition) is 2. The van der Waals surface area contributed by atoms with Crippen molar-refractivity contribution in [3.05, 3.63) is 12.2 Å². The number of aliphatic hydroxyl groups excluding tert-OH is 1. The molecule has 3 heteroatoms. The molecule has 0 atom stereocenters. The average molecular weight is 115 g/mol. The zero-order chi connectivity index (χ0) is 6.41. The first-order chi connectivity index (χ1) is 3.81. The van der Waals surface area contributed by atoms with Crippen LogP contribution < -0.4 is 5.32 Å². The summed E-state index contributed by atoms with van der Waals surface area (Å²) in [6.07, 6.45) is 2.65. The summed E-state index contributed by atoms with van der Waals surface area (Å²) in [6, 6.07) is 0. The second-order valence-corrected chi connectivity index (χ2v) is 1.20. The predicted octanol–water partition coefficient (Wildman–Crippen LogP) is -0.719. The van der Waals surface area contributed by atoms with E-state index in [9.17, 15) is 4.79 Å². The van der Waals surface area contributed by atoms with Crippen LogP contribution in [0.2, 0.25) is 0 Å². The average Bonchev–Trinajstić information content (AvgIpc) is 1.83. The Balaban J connectivity index is 3.37. The highest BCUT2D eigenvalue weighted by Gasteiger charge is 1.83. The third kappa shape index (κ3) is 3.36. The fraction of sp³-hybridized carbons (Fsp3) is 0.400. The fourth-order valence-electron chi connectivity index (χ4n) is 0.243. The summed E-state index contributed by atoms with van der Waals surface area (Å²) in [5, 5.41) is 10.5. The number of likely N-dealkylation sites (N-methyl/N-ethyl adjacent to an activating group) is 1. The Kier molecular flexibility index (Phi) is 3.88. The van der Waals surface area contributed by atoms with Gasteiger partial charge >= 0.3 is 0 Å². The standard InChI is InChI=1S/C5H9NO2/c1-6-5(8)3-2-4-7/h2-3,7H,4H2,1H3,(H,6,8)/b3-2+. The Morgan fingerprint density at radius 3 is 2.88 bits per heavy atom. The van der Waals surface area contributed by atoms with Gasteiger partial charge in [0.2, 0.25) is 5.91 Å². The van der Waals surface area contributed by atoms with E-state index in [1.807, 2.05) is 0 Å². The van der Waals surface area contributed by atoms with E-state index < -0.39 is 0 Å². The van der Waals surface area contributed by atoms with Crippen LogP contribution in [0.25, 0.3) is 0 Å². The highest BCUT2D eigenvalue weighted by atomic mass is 16.2. The van der Waals surface area contributed by atoms with Gasteiger partial charge in [-0.15, -0.1) is 0 Å². The second-order valence-electron chi connectivity index (χ2n) is 1.20. The van der Waals surface area contributed by atoms with Crippen molar-refractivity contribution < 1.29 is 9.90 Å². The monoisotopic (exact) mass is 115 g/mol. The highest BCUT2D eigenvalue weighted by molar-refractivity contribution is 5.87. The number of carbonyl (C=O) groups is 1. The summed E-state index contributed by atoms with van der Waals surface area (Å²) in [5.41, 5.74) is 0. The van der Waals surface area contributed by atoms with Gasteiger partial charge in [0.15, 0.2) is 0 Å². The number of hydrogen-bond acceptors (Lipinski definition) is 2. The van der Waals surface area contributed by atoms with Crippen LogP contribution in [0, 0.1) is 0 Å². The molecule has 0 aliphatic heterocycles. The topological polar surface area (TPSA) is 49.3 Å². The van der Waals surface area contributed by atoms with Crippen LogP contribution in [-0.4, -0.2) is 24.7 Å². The molecule has 0 rings (SSSR count).